The molecule has 5 nitrogen and oxygen atoms in total. The number of aldehydes is 1. The summed E-state index contributed by atoms with van der Waals surface area (Å²) in [7, 11) is 1.63. The molecule has 1 atom stereocenters. The van der Waals surface area contributed by atoms with Crippen molar-refractivity contribution < 1.29 is 19.1 Å². The molecular weight excluding hydrogens is 282 g/mol. The summed E-state index contributed by atoms with van der Waals surface area (Å²) in [5.74, 6) is 0.801. The molecule has 0 radical (unpaired) electrons. The molecule has 1 N–H and O–H groups in total. The molecule has 0 saturated carbocycles. The van der Waals surface area contributed by atoms with E-state index in [0.29, 0.717) is 6.42 Å². The van der Waals surface area contributed by atoms with E-state index in [1.165, 1.54) is 0 Å². The van der Waals surface area contributed by atoms with Crippen LogP contribution in [0.2, 0.25) is 0 Å². The van der Waals surface area contributed by atoms with Gasteiger partial charge in [0.25, 0.3) is 0 Å². The van der Waals surface area contributed by atoms with Crippen LogP contribution in [0.1, 0.15) is 12.5 Å². The number of carbonyl (C=O) groups excluding carboxylic acids is 2. The lowest BCUT2D eigenvalue weighted by Crippen LogP contribution is -2.37. The fourth-order valence-corrected chi connectivity index (χ4v) is 2.24. The van der Waals surface area contributed by atoms with Crippen molar-refractivity contribution in [2.24, 2.45) is 0 Å². The highest BCUT2D eigenvalue weighted by Gasteiger charge is 2.13. The van der Waals surface area contributed by atoms with Gasteiger partial charge >= 0.3 is 6.09 Å². The van der Waals surface area contributed by atoms with Gasteiger partial charge in [0, 0.05) is 0 Å². The van der Waals surface area contributed by atoms with Gasteiger partial charge in [-0.1, -0.05) is 24.3 Å². The van der Waals surface area contributed by atoms with Crippen LogP contribution in [0, 0.1) is 0 Å². The Labute approximate surface area is 129 Å². The highest BCUT2D eigenvalue weighted by atomic mass is 16.5. The first-order valence-electron chi connectivity index (χ1n) is 7.11. The molecule has 0 saturated heterocycles. The van der Waals surface area contributed by atoms with E-state index in [4.69, 9.17) is 9.47 Å². The van der Waals surface area contributed by atoms with Crippen molar-refractivity contribution in [2.45, 2.75) is 19.4 Å². The van der Waals surface area contributed by atoms with Gasteiger partial charge in [-0.3, -0.25) is 0 Å². The zero-order valence-corrected chi connectivity index (χ0v) is 12.7. The smallest absolute Gasteiger partial charge is 0.407 e. The van der Waals surface area contributed by atoms with E-state index >= 15 is 0 Å². The molecule has 0 aliphatic heterocycles. The highest BCUT2D eigenvalue weighted by Crippen LogP contribution is 2.22. The maximum absolute atomic E-state index is 11.4. The van der Waals surface area contributed by atoms with Gasteiger partial charge in [0.15, 0.2) is 0 Å². The van der Waals surface area contributed by atoms with Crippen molar-refractivity contribution in [2.75, 3.05) is 13.7 Å². The van der Waals surface area contributed by atoms with Gasteiger partial charge in [0.2, 0.25) is 0 Å². The van der Waals surface area contributed by atoms with Crippen LogP contribution < -0.4 is 10.1 Å². The van der Waals surface area contributed by atoms with Gasteiger partial charge in [0.1, 0.15) is 12.0 Å². The van der Waals surface area contributed by atoms with Crippen molar-refractivity contribution in [1.82, 2.24) is 5.32 Å². The molecule has 0 aliphatic carbocycles. The SMILES string of the molecule is CCOC(=O)NC(C=O)Cc1ccc2cc(OC)ccc2c1. The molecule has 0 aliphatic rings. The third-order valence-electron chi connectivity index (χ3n) is 3.31. The molecule has 1 amide bonds. The first-order valence-corrected chi connectivity index (χ1v) is 7.11. The summed E-state index contributed by atoms with van der Waals surface area (Å²) in [5, 5.41) is 4.65. The van der Waals surface area contributed by atoms with Crippen LogP contribution in [-0.2, 0) is 16.0 Å². The Balaban J connectivity index is 2.12. The van der Waals surface area contributed by atoms with E-state index in [1.807, 2.05) is 36.4 Å². The Hall–Kier alpha value is -2.56. The molecule has 2 aromatic carbocycles. The molecule has 2 aromatic rings. The normalized spacial score (nSPS) is 11.7. The van der Waals surface area contributed by atoms with Gasteiger partial charge in [-0.2, -0.15) is 0 Å². The van der Waals surface area contributed by atoms with Crippen LogP contribution >= 0.6 is 0 Å². The lowest BCUT2D eigenvalue weighted by Gasteiger charge is -2.13. The average Bonchev–Trinajstić information content (AvgIpc) is 2.53. The van der Waals surface area contributed by atoms with Gasteiger partial charge in [-0.15, -0.1) is 0 Å². The highest BCUT2D eigenvalue weighted by molar-refractivity contribution is 5.84. The second kappa shape index (κ2) is 7.45. The first kappa shape index (κ1) is 15.8. The van der Waals surface area contributed by atoms with E-state index in [2.05, 4.69) is 5.32 Å². The van der Waals surface area contributed by atoms with Crippen LogP contribution in [0.25, 0.3) is 10.8 Å². The van der Waals surface area contributed by atoms with E-state index in [0.717, 1.165) is 28.4 Å². The number of methoxy groups -OCH3 is 1. The standard InChI is InChI=1S/C17H19NO4/c1-3-22-17(20)18-15(11-19)9-12-4-5-14-10-16(21-2)7-6-13(14)8-12/h4-8,10-11,15H,3,9H2,1-2H3,(H,18,20). The topological polar surface area (TPSA) is 64.6 Å². The predicted molar refractivity (Wildman–Crippen MR) is 84.2 cm³/mol. The third kappa shape index (κ3) is 3.97. The maximum atomic E-state index is 11.4. The number of hydrogen-bond donors (Lipinski definition) is 1. The van der Waals surface area contributed by atoms with Gasteiger partial charge in [-0.25, -0.2) is 4.79 Å². The number of hydrogen-bond acceptors (Lipinski definition) is 4. The van der Waals surface area contributed by atoms with Crippen LogP contribution in [-0.4, -0.2) is 32.1 Å². The molecule has 0 spiro atoms. The summed E-state index contributed by atoms with van der Waals surface area (Å²) in [5.41, 5.74) is 0.964. The Bertz CT molecular complexity index is 669. The second-order valence-corrected chi connectivity index (χ2v) is 4.86. The minimum absolute atomic E-state index is 0.273. The molecule has 5 heteroatoms. The fraction of sp³-hybridized carbons (Fsp3) is 0.294. The predicted octanol–water partition coefficient (Wildman–Crippen LogP) is 2.70. The zero-order valence-electron chi connectivity index (χ0n) is 12.7. The third-order valence-corrected chi connectivity index (χ3v) is 3.31. The molecule has 0 aromatic heterocycles. The number of alkyl carbamates (subject to hydrolysis) is 1. The number of ether oxygens (including phenoxy) is 2. The number of nitrogens with one attached hydrogen (secondary N) is 1. The molecular formula is C17H19NO4. The fourth-order valence-electron chi connectivity index (χ4n) is 2.24. The largest absolute Gasteiger partial charge is 0.497 e. The average molecular weight is 301 g/mol. The lowest BCUT2D eigenvalue weighted by molar-refractivity contribution is -0.109. The quantitative estimate of drug-likeness (QED) is 0.833. The summed E-state index contributed by atoms with van der Waals surface area (Å²) in [4.78, 5) is 22.5. The van der Waals surface area contributed by atoms with Crippen LogP contribution in [0.5, 0.6) is 5.75 Å². The number of fused-ring (bicyclic) bond motifs is 1. The summed E-state index contributed by atoms with van der Waals surface area (Å²) < 4.78 is 9.98. The Morgan fingerprint density at radius 1 is 1.23 bits per heavy atom. The van der Waals surface area contributed by atoms with Crippen LogP contribution in [0.3, 0.4) is 0 Å². The van der Waals surface area contributed by atoms with Crippen molar-refractivity contribution in [1.29, 1.82) is 0 Å². The molecule has 2 rings (SSSR count). The van der Waals surface area contributed by atoms with E-state index < -0.39 is 12.1 Å². The Morgan fingerprint density at radius 3 is 2.64 bits per heavy atom. The first-order chi connectivity index (χ1) is 10.7. The second-order valence-electron chi connectivity index (χ2n) is 4.86. The number of benzene rings is 2. The minimum atomic E-state index is -0.602. The lowest BCUT2D eigenvalue weighted by atomic mass is 10.0. The summed E-state index contributed by atoms with van der Waals surface area (Å²) >= 11 is 0. The monoisotopic (exact) mass is 301 g/mol. The molecule has 1 unspecified atom stereocenters. The van der Waals surface area contributed by atoms with Crippen molar-refractivity contribution >= 4 is 23.2 Å². The van der Waals surface area contributed by atoms with Crippen molar-refractivity contribution in [3.63, 3.8) is 0 Å². The summed E-state index contributed by atoms with van der Waals surface area (Å²) in [6.07, 6.45) is 0.560. The number of amides is 1. The van der Waals surface area contributed by atoms with Crippen molar-refractivity contribution in [3.8, 4) is 5.75 Å². The molecule has 0 heterocycles. The molecule has 22 heavy (non-hydrogen) atoms. The molecule has 0 fully saturated rings. The van der Waals surface area contributed by atoms with Crippen molar-refractivity contribution in [3.05, 3.63) is 42.0 Å². The summed E-state index contributed by atoms with van der Waals surface area (Å²) in [6.45, 7) is 1.99. The Kier molecular flexibility index (Phi) is 5.36. The van der Waals surface area contributed by atoms with Gasteiger partial charge in [0.05, 0.1) is 19.8 Å². The van der Waals surface area contributed by atoms with E-state index in [9.17, 15) is 9.59 Å². The van der Waals surface area contributed by atoms with Gasteiger partial charge in [-0.05, 0) is 41.8 Å². The van der Waals surface area contributed by atoms with E-state index in [-0.39, 0.29) is 6.61 Å². The maximum Gasteiger partial charge on any atom is 0.407 e. The minimum Gasteiger partial charge on any atom is -0.497 e. The Morgan fingerprint density at radius 2 is 1.95 bits per heavy atom. The zero-order chi connectivity index (χ0) is 15.9. The molecule has 116 valence electrons. The van der Waals surface area contributed by atoms with Crippen LogP contribution in [0.15, 0.2) is 36.4 Å². The van der Waals surface area contributed by atoms with Gasteiger partial charge < -0.3 is 19.6 Å². The number of rotatable bonds is 6. The number of carbonyl (C=O) groups is 2. The van der Waals surface area contributed by atoms with Crippen LogP contribution in [0.4, 0.5) is 4.79 Å². The van der Waals surface area contributed by atoms with E-state index in [1.54, 1.807) is 14.0 Å². The summed E-state index contributed by atoms with van der Waals surface area (Å²) in [6, 6.07) is 11.1. The molecule has 0 bridgehead atoms.